The Balaban J connectivity index is 2.98. The van der Waals surface area contributed by atoms with Gasteiger partial charge in [-0.25, -0.2) is 0 Å². The van der Waals surface area contributed by atoms with Crippen LogP contribution in [-0.2, 0) is 0 Å². The highest BCUT2D eigenvalue weighted by Gasteiger charge is 1.92. The van der Waals surface area contributed by atoms with E-state index < -0.39 is 0 Å². The van der Waals surface area contributed by atoms with E-state index in [-0.39, 0.29) is 0 Å². The maximum absolute atomic E-state index is 5.47. The Kier molecular flexibility index (Phi) is 5.19. The largest absolute Gasteiger partial charge is 0.127 e. The molecule has 0 spiro atoms. The van der Waals surface area contributed by atoms with Crippen molar-refractivity contribution in [2.45, 2.75) is 19.8 Å². The summed E-state index contributed by atoms with van der Waals surface area (Å²) < 4.78 is 0. The monoisotopic (exact) mass is 132 g/mol. The topological polar surface area (TPSA) is 0 Å². The van der Waals surface area contributed by atoms with Crippen LogP contribution in [0.25, 0.3) is 0 Å². The van der Waals surface area contributed by atoms with Crippen molar-refractivity contribution in [3.8, 4) is 0 Å². The van der Waals surface area contributed by atoms with Gasteiger partial charge in [-0.3, -0.25) is 0 Å². The lowest BCUT2D eigenvalue weighted by atomic mass is 10.1. The summed E-state index contributed by atoms with van der Waals surface area (Å²) in [6, 6.07) is 0. The van der Waals surface area contributed by atoms with E-state index in [0.29, 0.717) is 5.92 Å². The van der Waals surface area contributed by atoms with E-state index in [9.17, 15) is 0 Å². The van der Waals surface area contributed by atoms with Crippen molar-refractivity contribution in [3.63, 3.8) is 0 Å². The van der Waals surface area contributed by atoms with E-state index in [1.54, 1.807) is 0 Å². The van der Waals surface area contributed by atoms with Crippen molar-refractivity contribution >= 4 is 11.6 Å². The van der Waals surface area contributed by atoms with E-state index in [2.05, 4.69) is 13.5 Å². The van der Waals surface area contributed by atoms with Gasteiger partial charge in [0.2, 0.25) is 0 Å². The van der Waals surface area contributed by atoms with Gasteiger partial charge in [0.25, 0.3) is 0 Å². The van der Waals surface area contributed by atoms with Crippen LogP contribution in [0.3, 0.4) is 0 Å². The Labute approximate surface area is 56.5 Å². The molecule has 0 aliphatic rings. The molecule has 0 bridgehead atoms. The molecule has 0 aromatic carbocycles. The van der Waals surface area contributed by atoms with Crippen molar-refractivity contribution < 1.29 is 0 Å². The first-order valence-corrected chi connectivity index (χ1v) is 3.53. The molecule has 0 nitrogen and oxygen atoms in total. The van der Waals surface area contributed by atoms with E-state index in [4.69, 9.17) is 11.6 Å². The summed E-state index contributed by atoms with van der Waals surface area (Å²) in [5.41, 5.74) is 0. The highest BCUT2D eigenvalue weighted by Crippen LogP contribution is 2.05. The second-order valence-corrected chi connectivity index (χ2v) is 2.42. The lowest BCUT2D eigenvalue weighted by Crippen LogP contribution is -1.88. The first-order chi connectivity index (χ1) is 3.81. The molecule has 0 rings (SSSR count). The van der Waals surface area contributed by atoms with Crippen LogP contribution in [0.1, 0.15) is 19.8 Å². The number of hydrogen-bond acceptors (Lipinski definition) is 0. The van der Waals surface area contributed by atoms with Gasteiger partial charge in [-0.2, -0.15) is 0 Å². The zero-order valence-electron chi connectivity index (χ0n) is 5.36. The molecule has 8 heavy (non-hydrogen) atoms. The molecule has 0 radical (unpaired) electrons. The summed E-state index contributed by atoms with van der Waals surface area (Å²) in [6.45, 7) is 5.82. The minimum Gasteiger partial charge on any atom is -0.127 e. The van der Waals surface area contributed by atoms with Crippen LogP contribution in [0.5, 0.6) is 0 Å². The Hall–Kier alpha value is 0.0300. The predicted molar refractivity (Wildman–Crippen MR) is 39.3 cm³/mol. The third-order valence-corrected chi connectivity index (χ3v) is 1.46. The van der Waals surface area contributed by atoms with Gasteiger partial charge >= 0.3 is 0 Å². The van der Waals surface area contributed by atoms with E-state index in [0.717, 1.165) is 12.3 Å². The van der Waals surface area contributed by atoms with Gasteiger partial charge in [0, 0.05) is 5.88 Å². The molecule has 0 heterocycles. The molecule has 48 valence electrons. The molecule has 1 unspecified atom stereocenters. The van der Waals surface area contributed by atoms with Gasteiger partial charge in [0.15, 0.2) is 0 Å². The highest BCUT2D eigenvalue weighted by atomic mass is 35.5. The normalized spacial score (nSPS) is 13.2. The third-order valence-electron chi connectivity index (χ3n) is 1.20. The Bertz CT molecular complexity index is 59.4. The molecule has 0 aromatic rings. The summed E-state index contributed by atoms with van der Waals surface area (Å²) in [7, 11) is 0. The molecule has 0 N–H and O–H groups in total. The van der Waals surface area contributed by atoms with Crippen LogP contribution >= 0.6 is 11.6 Å². The minimum absolute atomic E-state index is 0.633. The van der Waals surface area contributed by atoms with Crippen LogP contribution in [-0.4, -0.2) is 5.88 Å². The van der Waals surface area contributed by atoms with Crippen molar-refractivity contribution in [1.82, 2.24) is 0 Å². The zero-order chi connectivity index (χ0) is 6.41. The Morgan fingerprint density at radius 1 is 1.75 bits per heavy atom. The second-order valence-electron chi connectivity index (χ2n) is 2.04. The Morgan fingerprint density at radius 2 is 2.38 bits per heavy atom. The van der Waals surface area contributed by atoms with Crippen molar-refractivity contribution in [2.75, 3.05) is 5.88 Å². The molecular formula is C7H13Cl. The smallest absolute Gasteiger partial charge is 0.0223 e. The predicted octanol–water partition coefficient (Wildman–Crippen LogP) is 2.83. The number of rotatable bonds is 4. The quantitative estimate of drug-likeness (QED) is 0.408. The maximum atomic E-state index is 5.47. The molecule has 0 aromatic heterocycles. The molecule has 0 fully saturated rings. The summed E-state index contributed by atoms with van der Waals surface area (Å²) in [6.07, 6.45) is 4.24. The fraction of sp³-hybridized carbons (Fsp3) is 0.714. The van der Waals surface area contributed by atoms with Gasteiger partial charge in [0.1, 0.15) is 0 Å². The SMILES string of the molecule is C=CC(C)CCCCl. The molecule has 0 aliphatic heterocycles. The fourth-order valence-electron chi connectivity index (χ4n) is 0.517. The van der Waals surface area contributed by atoms with E-state index in [1.165, 1.54) is 6.42 Å². The standard InChI is InChI=1S/C7H13Cl/c1-3-7(2)5-4-6-8/h3,7H,1,4-6H2,2H3. The van der Waals surface area contributed by atoms with Gasteiger partial charge < -0.3 is 0 Å². The van der Waals surface area contributed by atoms with E-state index in [1.807, 2.05) is 6.08 Å². The third kappa shape index (κ3) is 4.20. The van der Waals surface area contributed by atoms with Gasteiger partial charge in [-0.15, -0.1) is 18.2 Å². The van der Waals surface area contributed by atoms with Crippen LogP contribution < -0.4 is 0 Å². The molecule has 1 heteroatoms. The average molecular weight is 133 g/mol. The number of alkyl halides is 1. The van der Waals surface area contributed by atoms with Gasteiger partial charge in [-0.05, 0) is 18.8 Å². The molecule has 0 saturated carbocycles. The first kappa shape index (κ1) is 8.03. The number of allylic oxidation sites excluding steroid dienone is 1. The molecule has 0 amide bonds. The van der Waals surface area contributed by atoms with Crippen molar-refractivity contribution in [1.29, 1.82) is 0 Å². The lowest BCUT2D eigenvalue weighted by Gasteiger charge is -2.00. The zero-order valence-corrected chi connectivity index (χ0v) is 6.12. The summed E-state index contributed by atoms with van der Waals surface area (Å²) in [5, 5.41) is 0. The fourth-order valence-corrected chi connectivity index (χ4v) is 0.671. The molecular weight excluding hydrogens is 120 g/mol. The Morgan fingerprint density at radius 3 is 2.75 bits per heavy atom. The van der Waals surface area contributed by atoms with Crippen LogP contribution in [0.15, 0.2) is 12.7 Å². The summed E-state index contributed by atoms with van der Waals surface area (Å²) in [5.74, 6) is 1.41. The van der Waals surface area contributed by atoms with Gasteiger partial charge in [0.05, 0.1) is 0 Å². The lowest BCUT2D eigenvalue weighted by molar-refractivity contribution is 0.638. The first-order valence-electron chi connectivity index (χ1n) is 2.99. The second kappa shape index (κ2) is 5.17. The summed E-state index contributed by atoms with van der Waals surface area (Å²) in [4.78, 5) is 0. The highest BCUT2D eigenvalue weighted by molar-refractivity contribution is 6.17. The average Bonchev–Trinajstić information content (AvgIpc) is 1.83. The van der Waals surface area contributed by atoms with Crippen molar-refractivity contribution in [3.05, 3.63) is 12.7 Å². The van der Waals surface area contributed by atoms with Crippen LogP contribution in [0.4, 0.5) is 0 Å². The van der Waals surface area contributed by atoms with Crippen LogP contribution in [0.2, 0.25) is 0 Å². The molecule has 1 atom stereocenters. The van der Waals surface area contributed by atoms with Gasteiger partial charge in [-0.1, -0.05) is 13.0 Å². The minimum atomic E-state index is 0.633. The van der Waals surface area contributed by atoms with Crippen LogP contribution in [0, 0.1) is 5.92 Å². The molecule has 0 saturated heterocycles. The number of halogens is 1. The maximum Gasteiger partial charge on any atom is 0.0223 e. The summed E-state index contributed by atoms with van der Waals surface area (Å²) >= 11 is 5.47. The van der Waals surface area contributed by atoms with Crippen molar-refractivity contribution in [2.24, 2.45) is 5.92 Å². The number of hydrogen-bond donors (Lipinski definition) is 0. The van der Waals surface area contributed by atoms with E-state index >= 15 is 0 Å². The molecule has 0 aliphatic carbocycles.